The number of hydrogen-bond acceptors (Lipinski definition) is 3. The van der Waals surface area contributed by atoms with Gasteiger partial charge in [0.25, 0.3) is 5.56 Å². The number of aromatic nitrogens is 2. The van der Waals surface area contributed by atoms with E-state index in [0.29, 0.717) is 18.4 Å². The zero-order chi connectivity index (χ0) is 10.7. The van der Waals surface area contributed by atoms with Gasteiger partial charge in [0, 0.05) is 18.5 Å². The van der Waals surface area contributed by atoms with E-state index in [2.05, 4.69) is 5.10 Å². The second-order valence-corrected chi connectivity index (χ2v) is 3.34. The molecule has 2 rings (SSSR count). The van der Waals surface area contributed by atoms with E-state index in [1.165, 1.54) is 4.68 Å². The molecule has 1 aromatic heterocycles. The number of fused-ring (bicyclic) bond motifs is 1. The van der Waals surface area contributed by atoms with E-state index in [9.17, 15) is 4.79 Å². The molecule has 0 saturated heterocycles. The molecule has 0 aliphatic rings. The summed E-state index contributed by atoms with van der Waals surface area (Å²) in [5, 5.41) is 14.2. The molecular weight excluding hydrogens is 192 g/mol. The van der Waals surface area contributed by atoms with Crippen molar-refractivity contribution >= 4 is 10.8 Å². The summed E-state index contributed by atoms with van der Waals surface area (Å²) < 4.78 is 1.39. The van der Waals surface area contributed by atoms with Crippen LogP contribution in [0.25, 0.3) is 10.8 Å². The van der Waals surface area contributed by atoms with E-state index in [4.69, 9.17) is 5.11 Å². The van der Waals surface area contributed by atoms with Crippen LogP contribution in [0.4, 0.5) is 0 Å². The summed E-state index contributed by atoms with van der Waals surface area (Å²) in [7, 11) is 0. The van der Waals surface area contributed by atoms with E-state index in [0.717, 1.165) is 5.39 Å². The van der Waals surface area contributed by atoms with Gasteiger partial charge in [-0.05, 0) is 12.5 Å². The third-order valence-corrected chi connectivity index (χ3v) is 2.29. The molecule has 0 bridgehead atoms. The van der Waals surface area contributed by atoms with Crippen molar-refractivity contribution in [1.29, 1.82) is 0 Å². The van der Waals surface area contributed by atoms with E-state index in [1.807, 2.05) is 18.2 Å². The highest BCUT2D eigenvalue weighted by Gasteiger charge is 2.02. The minimum absolute atomic E-state index is 0.0704. The molecule has 4 nitrogen and oxygen atoms in total. The molecular formula is C11H12N2O2. The van der Waals surface area contributed by atoms with E-state index < -0.39 is 0 Å². The summed E-state index contributed by atoms with van der Waals surface area (Å²) in [6, 6.07) is 7.36. The average Bonchev–Trinajstić information content (AvgIpc) is 2.29. The molecule has 0 unspecified atom stereocenters. The maximum atomic E-state index is 11.9. The average molecular weight is 204 g/mol. The van der Waals surface area contributed by atoms with Crippen LogP contribution in [0.1, 0.15) is 6.42 Å². The first-order valence-electron chi connectivity index (χ1n) is 4.88. The minimum atomic E-state index is -0.0958. The molecule has 0 saturated carbocycles. The van der Waals surface area contributed by atoms with Crippen molar-refractivity contribution in [3.05, 3.63) is 40.8 Å². The van der Waals surface area contributed by atoms with Gasteiger partial charge in [0.2, 0.25) is 0 Å². The maximum absolute atomic E-state index is 11.9. The molecule has 78 valence electrons. The van der Waals surface area contributed by atoms with Crippen molar-refractivity contribution in [2.75, 3.05) is 6.61 Å². The van der Waals surface area contributed by atoms with E-state index in [1.54, 1.807) is 12.3 Å². The Balaban J connectivity index is 2.51. The molecule has 1 heterocycles. The monoisotopic (exact) mass is 204 g/mol. The number of hydrogen-bond donors (Lipinski definition) is 1. The zero-order valence-electron chi connectivity index (χ0n) is 8.26. The Morgan fingerprint density at radius 1 is 1.33 bits per heavy atom. The molecule has 2 aromatic rings. The summed E-state index contributed by atoms with van der Waals surface area (Å²) in [6.07, 6.45) is 2.22. The highest BCUT2D eigenvalue weighted by atomic mass is 16.3. The normalized spacial score (nSPS) is 10.7. The Hall–Kier alpha value is -1.68. The second-order valence-electron chi connectivity index (χ2n) is 3.34. The third-order valence-electron chi connectivity index (χ3n) is 2.29. The first-order valence-corrected chi connectivity index (χ1v) is 4.88. The molecule has 1 aromatic carbocycles. The lowest BCUT2D eigenvalue weighted by atomic mass is 10.2. The topological polar surface area (TPSA) is 55.1 Å². The third kappa shape index (κ3) is 1.89. The van der Waals surface area contributed by atoms with Crippen molar-refractivity contribution in [1.82, 2.24) is 9.78 Å². The van der Waals surface area contributed by atoms with Crippen LogP contribution >= 0.6 is 0 Å². The van der Waals surface area contributed by atoms with Crippen LogP contribution in [-0.2, 0) is 6.54 Å². The predicted octanol–water partition coefficient (Wildman–Crippen LogP) is 0.779. The fourth-order valence-corrected chi connectivity index (χ4v) is 1.51. The molecule has 0 atom stereocenters. The van der Waals surface area contributed by atoms with Crippen LogP contribution in [0.3, 0.4) is 0 Å². The molecule has 0 fully saturated rings. The molecule has 0 spiro atoms. The van der Waals surface area contributed by atoms with Gasteiger partial charge in [0.05, 0.1) is 11.6 Å². The summed E-state index contributed by atoms with van der Waals surface area (Å²) in [4.78, 5) is 11.9. The first kappa shape index (κ1) is 9.86. The number of aliphatic hydroxyl groups is 1. The molecule has 0 aliphatic heterocycles. The van der Waals surface area contributed by atoms with Gasteiger partial charge in [-0.3, -0.25) is 4.79 Å². The Morgan fingerprint density at radius 3 is 2.93 bits per heavy atom. The van der Waals surface area contributed by atoms with Crippen molar-refractivity contribution in [2.45, 2.75) is 13.0 Å². The molecule has 4 heteroatoms. The van der Waals surface area contributed by atoms with Crippen LogP contribution < -0.4 is 5.56 Å². The van der Waals surface area contributed by atoms with Gasteiger partial charge < -0.3 is 5.11 Å². The lowest BCUT2D eigenvalue weighted by molar-refractivity contribution is 0.275. The fraction of sp³-hybridized carbons (Fsp3) is 0.273. The maximum Gasteiger partial charge on any atom is 0.274 e. The van der Waals surface area contributed by atoms with Crippen LogP contribution in [0.5, 0.6) is 0 Å². The lowest BCUT2D eigenvalue weighted by Gasteiger charge is -2.03. The van der Waals surface area contributed by atoms with Crippen LogP contribution in [0, 0.1) is 0 Å². The minimum Gasteiger partial charge on any atom is -0.396 e. The lowest BCUT2D eigenvalue weighted by Crippen LogP contribution is -2.23. The quantitative estimate of drug-likeness (QED) is 0.803. The van der Waals surface area contributed by atoms with E-state index >= 15 is 0 Å². The standard InChI is InChI=1S/C11H12N2O2/c14-7-3-6-13-11(15)10-5-2-1-4-9(10)8-12-13/h1-2,4-5,8,14H,3,6-7H2. The van der Waals surface area contributed by atoms with Gasteiger partial charge in [-0.15, -0.1) is 0 Å². The summed E-state index contributed by atoms with van der Waals surface area (Å²) in [5.41, 5.74) is -0.0958. The van der Waals surface area contributed by atoms with Gasteiger partial charge in [-0.2, -0.15) is 5.10 Å². The summed E-state index contributed by atoms with van der Waals surface area (Å²) >= 11 is 0. The van der Waals surface area contributed by atoms with Gasteiger partial charge >= 0.3 is 0 Å². The van der Waals surface area contributed by atoms with Crippen LogP contribution in [0.15, 0.2) is 35.3 Å². The number of aryl methyl sites for hydroxylation is 1. The van der Waals surface area contributed by atoms with Crippen molar-refractivity contribution < 1.29 is 5.11 Å². The summed E-state index contributed by atoms with van der Waals surface area (Å²) in [6.45, 7) is 0.529. The van der Waals surface area contributed by atoms with Gasteiger partial charge in [0.15, 0.2) is 0 Å². The van der Waals surface area contributed by atoms with E-state index in [-0.39, 0.29) is 12.2 Å². The molecule has 0 radical (unpaired) electrons. The zero-order valence-corrected chi connectivity index (χ0v) is 8.26. The summed E-state index contributed by atoms with van der Waals surface area (Å²) in [5.74, 6) is 0. The fourth-order valence-electron chi connectivity index (χ4n) is 1.51. The first-order chi connectivity index (χ1) is 7.33. The molecule has 1 N–H and O–H groups in total. The molecule has 0 aliphatic carbocycles. The SMILES string of the molecule is O=c1c2ccccc2cnn1CCCO. The van der Waals surface area contributed by atoms with Crippen molar-refractivity contribution in [3.63, 3.8) is 0 Å². The van der Waals surface area contributed by atoms with Gasteiger partial charge in [-0.25, -0.2) is 4.68 Å². The highest BCUT2D eigenvalue weighted by Crippen LogP contribution is 2.06. The van der Waals surface area contributed by atoms with Gasteiger partial charge in [-0.1, -0.05) is 18.2 Å². The molecule has 0 amide bonds. The number of nitrogens with zero attached hydrogens (tertiary/aromatic N) is 2. The molecule has 15 heavy (non-hydrogen) atoms. The van der Waals surface area contributed by atoms with Crippen molar-refractivity contribution in [3.8, 4) is 0 Å². The van der Waals surface area contributed by atoms with Crippen LogP contribution in [-0.4, -0.2) is 21.5 Å². The van der Waals surface area contributed by atoms with Crippen molar-refractivity contribution in [2.24, 2.45) is 0 Å². The Bertz CT molecular complexity index is 519. The Kier molecular flexibility index (Phi) is 2.78. The smallest absolute Gasteiger partial charge is 0.274 e. The predicted molar refractivity (Wildman–Crippen MR) is 57.7 cm³/mol. The number of aliphatic hydroxyl groups excluding tert-OH is 1. The largest absolute Gasteiger partial charge is 0.396 e. The highest BCUT2D eigenvalue weighted by molar-refractivity contribution is 5.80. The number of benzene rings is 1. The Labute approximate surface area is 86.8 Å². The van der Waals surface area contributed by atoms with Gasteiger partial charge in [0.1, 0.15) is 0 Å². The second kappa shape index (κ2) is 4.23. The Morgan fingerprint density at radius 2 is 2.13 bits per heavy atom. The van der Waals surface area contributed by atoms with Crippen LogP contribution in [0.2, 0.25) is 0 Å². The number of rotatable bonds is 3.